The van der Waals surface area contributed by atoms with Gasteiger partial charge in [-0.2, -0.15) is 0 Å². The quantitative estimate of drug-likeness (QED) is 0.905. The highest BCUT2D eigenvalue weighted by atomic mass is 16.1. The molecule has 0 saturated carbocycles. The Labute approximate surface area is 123 Å². The number of hydrogen-bond donors (Lipinski definition) is 2. The van der Waals surface area contributed by atoms with E-state index in [1.165, 1.54) is 5.56 Å². The van der Waals surface area contributed by atoms with Gasteiger partial charge in [0.05, 0.1) is 5.57 Å². The van der Waals surface area contributed by atoms with E-state index in [1.54, 1.807) is 18.6 Å². The molecule has 0 saturated heterocycles. The minimum atomic E-state index is -0.0861. The molecule has 0 spiro atoms. The van der Waals surface area contributed by atoms with Crippen molar-refractivity contribution in [3.05, 3.63) is 71.2 Å². The van der Waals surface area contributed by atoms with E-state index in [-0.39, 0.29) is 5.91 Å². The van der Waals surface area contributed by atoms with Gasteiger partial charge in [0, 0.05) is 37.2 Å². The molecule has 2 heterocycles. The van der Waals surface area contributed by atoms with Gasteiger partial charge in [-0.3, -0.25) is 9.78 Å². The zero-order valence-corrected chi connectivity index (χ0v) is 11.9. The van der Waals surface area contributed by atoms with Crippen molar-refractivity contribution in [1.29, 1.82) is 0 Å². The molecule has 2 N–H and O–H groups in total. The van der Waals surface area contributed by atoms with Crippen LogP contribution in [0.3, 0.4) is 0 Å². The van der Waals surface area contributed by atoms with Gasteiger partial charge in [0.15, 0.2) is 0 Å². The molecule has 4 nitrogen and oxygen atoms in total. The topological polar surface area (TPSA) is 54.0 Å². The van der Waals surface area contributed by atoms with E-state index in [0.29, 0.717) is 12.1 Å². The third-order valence-corrected chi connectivity index (χ3v) is 3.56. The summed E-state index contributed by atoms with van der Waals surface area (Å²) in [7, 11) is 0. The first-order valence-electron chi connectivity index (χ1n) is 6.94. The van der Waals surface area contributed by atoms with Crippen molar-refractivity contribution in [2.45, 2.75) is 20.0 Å². The summed E-state index contributed by atoms with van der Waals surface area (Å²) < 4.78 is 0. The minimum Gasteiger partial charge on any atom is -0.386 e. The largest absolute Gasteiger partial charge is 0.386 e. The highest BCUT2D eigenvalue weighted by Crippen LogP contribution is 2.21. The second kappa shape index (κ2) is 5.79. The predicted octanol–water partition coefficient (Wildman–Crippen LogP) is 2.15. The highest BCUT2D eigenvalue weighted by Gasteiger charge is 2.18. The van der Waals surface area contributed by atoms with Crippen molar-refractivity contribution < 1.29 is 4.79 Å². The van der Waals surface area contributed by atoms with E-state index in [2.05, 4.69) is 15.6 Å². The van der Waals surface area contributed by atoms with Crippen LogP contribution in [0.15, 0.2) is 48.9 Å². The zero-order chi connectivity index (χ0) is 14.7. The molecule has 106 valence electrons. The first-order chi connectivity index (χ1) is 10.2. The van der Waals surface area contributed by atoms with Crippen LogP contribution in [-0.2, 0) is 17.9 Å². The molecule has 0 atom stereocenters. The first-order valence-corrected chi connectivity index (χ1v) is 6.94. The summed E-state index contributed by atoms with van der Waals surface area (Å²) in [5, 5.41) is 6.08. The molecule has 1 aromatic heterocycles. The van der Waals surface area contributed by atoms with Crippen LogP contribution in [0.1, 0.15) is 22.3 Å². The fourth-order valence-electron chi connectivity index (χ4n) is 2.33. The second-order valence-electron chi connectivity index (χ2n) is 5.14. The van der Waals surface area contributed by atoms with Crippen molar-refractivity contribution in [1.82, 2.24) is 15.6 Å². The molecule has 0 fully saturated rings. The monoisotopic (exact) mass is 279 g/mol. The number of carbonyl (C=O) groups is 1. The van der Waals surface area contributed by atoms with Crippen molar-refractivity contribution in [2.75, 3.05) is 0 Å². The molecule has 21 heavy (non-hydrogen) atoms. The van der Waals surface area contributed by atoms with Gasteiger partial charge in [0.2, 0.25) is 0 Å². The summed E-state index contributed by atoms with van der Waals surface area (Å²) in [5.41, 5.74) is 4.93. The number of pyridine rings is 1. The number of rotatable bonds is 3. The van der Waals surface area contributed by atoms with Crippen LogP contribution in [0.25, 0.3) is 5.57 Å². The summed E-state index contributed by atoms with van der Waals surface area (Å²) in [6, 6.07) is 10.1. The van der Waals surface area contributed by atoms with Crippen LogP contribution in [0.5, 0.6) is 0 Å². The lowest BCUT2D eigenvalue weighted by Crippen LogP contribution is -2.27. The molecule has 1 aliphatic heterocycles. The number of amides is 1. The number of hydrogen-bond acceptors (Lipinski definition) is 3. The fourth-order valence-corrected chi connectivity index (χ4v) is 2.33. The number of carbonyl (C=O) groups excluding carboxylic acids is 1. The Balaban J connectivity index is 1.71. The minimum absolute atomic E-state index is 0.0861. The van der Waals surface area contributed by atoms with Crippen LogP contribution in [0.2, 0.25) is 0 Å². The average molecular weight is 279 g/mol. The predicted molar refractivity (Wildman–Crippen MR) is 82.1 cm³/mol. The van der Waals surface area contributed by atoms with E-state index < -0.39 is 0 Å². The van der Waals surface area contributed by atoms with Crippen LogP contribution in [0, 0.1) is 6.92 Å². The maximum absolute atomic E-state index is 12.4. The molecule has 4 heteroatoms. The molecular weight excluding hydrogens is 262 g/mol. The lowest BCUT2D eigenvalue weighted by atomic mass is 9.99. The SMILES string of the molecule is Cc1ccc(CNC(=O)C2=CNCc3ccncc32)cc1. The van der Waals surface area contributed by atoms with Crippen LogP contribution < -0.4 is 10.6 Å². The Morgan fingerprint density at radius 1 is 1.29 bits per heavy atom. The molecule has 0 unspecified atom stereocenters. The lowest BCUT2D eigenvalue weighted by molar-refractivity contribution is -0.115. The first kappa shape index (κ1) is 13.4. The summed E-state index contributed by atoms with van der Waals surface area (Å²) in [4.78, 5) is 16.5. The zero-order valence-electron chi connectivity index (χ0n) is 11.9. The van der Waals surface area contributed by atoms with Crippen LogP contribution >= 0.6 is 0 Å². The van der Waals surface area contributed by atoms with E-state index >= 15 is 0 Å². The van der Waals surface area contributed by atoms with Crippen molar-refractivity contribution in [3.63, 3.8) is 0 Å². The Bertz CT molecular complexity index is 689. The van der Waals surface area contributed by atoms with Crippen molar-refractivity contribution in [3.8, 4) is 0 Å². The van der Waals surface area contributed by atoms with Crippen LogP contribution in [-0.4, -0.2) is 10.9 Å². The molecule has 1 aliphatic rings. The fraction of sp³-hybridized carbons (Fsp3) is 0.176. The van der Waals surface area contributed by atoms with Gasteiger partial charge in [-0.05, 0) is 24.1 Å². The number of aryl methyl sites for hydroxylation is 1. The molecule has 1 amide bonds. The van der Waals surface area contributed by atoms with Crippen LogP contribution in [0.4, 0.5) is 0 Å². The third-order valence-electron chi connectivity index (χ3n) is 3.56. The molecule has 3 rings (SSSR count). The number of fused-ring (bicyclic) bond motifs is 1. The second-order valence-corrected chi connectivity index (χ2v) is 5.14. The van der Waals surface area contributed by atoms with Gasteiger partial charge < -0.3 is 10.6 Å². The van der Waals surface area contributed by atoms with E-state index in [0.717, 1.165) is 23.2 Å². The standard InChI is InChI=1S/C17H17N3O/c1-12-2-4-13(5-3-12)8-20-17(21)16-11-19-9-14-6-7-18-10-15(14)16/h2-7,10-11,19H,8-9H2,1H3,(H,20,21). The Morgan fingerprint density at radius 3 is 2.90 bits per heavy atom. The van der Waals surface area contributed by atoms with Gasteiger partial charge >= 0.3 is 0 Å². The summed E-state index contributed by atoms with van der Waals surface area (Å²) in [5.74, 6) is -0.0861. The maximum Gasteiger partial charge on any atom is 0.253 e. The van der Waals surface area contributed by atoms with Crippen molar-refractivity contribution in [2.24, 2.45) is 0 Å². The van der Waals surface area contributed by atoms with Gasteiger partial charge in [-0.15, -0.1) is 0 Å². The van der Waals surface area contributed by atoms with Gasteiger partial charge in [-0.25, -0.2) is 0 Å². The lowest BCUT2D eigenvalue weighted by Gasteiger charge is -2.18. The normalized spacial score (nSPS) is 12.9. The van der Waals surface area contributed by atoms with E-state index in [1.807, 2.05) is 37.3 Å². The Kier molecular flexibility index (Phi) is 3.69. The third kappa shape index (κ3) is 2.94. The summed E-state index contributed by atoms with van der Waals surface area (Å²) in [6.45, 7) is 3.30. The molecular formula is C17H17N3O. The summed E-state index contributed by atoms with van der Waals surface area (Å²) >= 11 is 0. The molecule has 1 aromatic carbocycles. The van der Waals surface area contributed by atoms with Gasteiger partial charge in [-0.1, -0.05) is 29.8 Å². The average Bonchev–Trinajstić information content (AvgIpc) is 2.53. The van der Waals surface area contributed by atoms with Gasteiger partial charge in [0.1, 0.15) is 0 Å². The molecule has 0 radical (unpaired) electrons. The van der Waals surface area contributed by atoms with Gasteiger partial charge in [0.25, 0.3) is 5.91 Å². The molecule has 2 aromatic rings. The Hall–Kier alpha value is -2.62. The number of nitrogens with one attached hydrogen (secondary N) is 2. The Morgan fingerprint density at radius 2 is 2.10 bits per heavy atom. The smallest absolute Gasteiger partial charge is 0.253 e. The number of aromatic nitrogens is 1. The number of benzene rings is 1. The molecule has 0 bridgehead atoms. The van der Waals surface area contributed by atoms with Crippen molar-refractivity contribution >= 4 is 11.5 Å². The number of nitrogens with zero attached hydrogens (tertiary/aromatic N) is 1. The maximum atomic E-state index is 12.4. The van der Waals surface area contributed by atoms with E-state index in [4.69, 9.17) is 0 Å². The van der Waals surface area contributed by atoms with E-state index in [9.17, 15) is 4.79 Å². The molecule has 0 aliphatic carbocycles. The summed E-state index contributed by atoms with van der Waals surface area (Å²) in [6.07, 6.45) is 5.25. The highest BCUT2D eigenvalue weighted by molar-refractivity contribution is 6.19.